The molecule has 0 aliphatic heterocycles. The van der Waals surface area contributed by atoms with Crippen molar-refractivity contribution in [2.45, 2.75) is 24.9 Å². The summed E-state index contributed by atoms with van der Waals surface area (Å²) < 4.78 is 0. The Labute approximate surface area is 111 Å². The summed E-state index contributed by atoms with van der Waals surface area (Å²) in [7, 11) is 0. The van der Waals surface area contributed by atoms with E-state index < -0.39 is 15.9 Å². The summed E-state index contributed by atoms with van der Waals surface area (Å²) in [6.45, 7) is 8.22. The Bertz CT molecular complexity index is 409. The summed E-state index contributed by atoms with van der Waals surface area (Å²) in [5, 5.41) is 21.8. The highest BCUT2D eigenvalue weighted by atomic mass is 16.6. The van der Waals surface area contributed by atoms with E-state index in [-0.39, 0.29) is 18.2 Å². The molecule has 1 rings (SSSR count). The van der Waals surface area contributed by atoms with Gasteiger partial charge in [0.25, 0.3) is 0 Å². The van der Waals surface area contributed by atoms with Gasteiger partial charge in [0.1, 0.15) is 6.42 Å². The maximum absolute atomic E-state index is 11.1. The third kappa shape index (κ3) is 3.72. The average molecular weight is 267 g/mol. The first-order valence-electron chi connectivity index (χ1n) is 5.94. The average Bonchev–Trinajstić information content (AvgIpc) is 2.37. The van der Waals surface area contributed by atoms with Crippen molar-refractivity contribution in [3.8, 4) is 0 Å². The lowest BCUT2D eigenvalue weighted by atomic mass is 9.92. The molecule has 0 saturated carbocycles. The normalized spacial score (nSPS) is 22.7. The van der Waals surface area contributed by atoms with Crippen molar-refractivity contribution in [3.05, 3.63) is 57.3 Å². The van der Waals surface area contributed by atoms with Gasteiger partial charge in [-0.1, -0.05) is 12.2 Å². The van der Waals surface area contributed by atoms with Gasteiger partial charge in [0, 0.05) is 18.0 Å². The van der Waals surface area contributed by atoms with E-state index in [4.69, 9.17) is 0 Å². The number of rotatable bonds is 7. The quantitative estimate of drug-likeness (QED) is 0.397. The van der Waals surface area contributed by atoms with E-state index in [0.717, 1.165) is 0 Å². The molecule has 0 N–H and O–H groups in total. The lowest BCUT2D eigenvalue weighted by Gasteiger charge is -2.32. The molecule has 7 nitrogen and oxygen atoms in total. The molecule has 0 aromatic heterocycles. The van der Waals surface area contributed by atoms with Gasteiger partial charge in [0.2, 0.25) is 11.7 Å². The molecule has 19 heavy (non-hydrogen) atoms. The van der Waals surface area contributed by atoms with Crippen LogP contribution in [0.1, 0.15) is 12.8 Å². The fourth-order valence-electron chi connectivity index (χ4n) is 2.28. The summed E-state index contributed by atoms with van der Waals surface area (Å²) in [4.78, 5) is 22.7. The maximum Gasteiger partial charge on any atom is 0.249 e. The first kappa shape index (κ1) is 15.0. The van der Waals surface area contributed by atoms with Crippen molar-refractivity contribution in [1.29, 1.82) is 0 Å². The fourth-order valence-corrected chi connectivity index (χ4v) is 2.28. The second-order valence-corrected chi connectivity index (χ2v) is 4.34. The molecule has 0 fully saturated rings. The molecule has 0 heterocycles. The fraction of sp³-hybridized carbons (Fsp3) is 0.500. The first-order valence-corrected chi connectivity index (χ1v) is 5.94. The Hall–Kier alpha value is -2.02. The Morgan fingerprint density at radius 1 is 1.32 bits per heavy atom. The molecule has 1 aliphatic rings. The molecule has 0 radical (unpaired) electrons. The molecule has 0 aromatic rings. The van der Waals surface area contributed by atoms with Crippen molar-refractivity contribution in [1.82, 2.24) is 4.90 Å². The van der Waals surface area contributed by atoms with Gasteiger partial charge >= 0.3 is 0 Å². The molecule has 0 amide bonds. The van der Waals surface area contributed by atoms with Gasteiger partial charge < -0.3 is 0 Å². The highest BCUT2D eigenvalue weighted by Gasteiger charge is 2.41. The van der Waals surface area contributed by atoms with Gasteiger partial charge in [-0.2, -0.15) is 0 Å². The van der Waals surface area contributed by atoms with Crippen LogP contribution in [0.15, 0.2) is 37.1 Å². The van der Waals surface area contributed by atoms with E-state index >= 15 is 0 Å². The molecule has 0 spiro atoms. The topological polar surface area (TPSA) is 89.5 Å². The summed E-state index contributed by atoms with van der Waals surface area (Å²) >= 11 is 0. The minimum atomic E-state index is -0.967. The number of hydrogen-bond donors (Lipinski definition) is 0. The van der Waals surface area contributed by atoms with Crippen molar-refractivity contribution in [2.24, 2.45) is 0 Å². The Morgan fingerprint density at radius 3 is 2.32 bits per heavy atom. The Morgan fingerprint density at radius 2 is 1.89 bits per heavy atom. The van der Waals surface area contributed by atoms with E-state index in [9.17, 15) is 20.2 Å². The summed E-state index contributed by atoms with van der Waals surface area (Å²) in [5.74, 6) is 0. The molecule has 2 unspecified atom stereocenters. The first-order chi connectivity index (χ1) is 9.01. The van der Waals surface area contributed by atoms with Crippen molar-refractivity contribution in [3.63, 3.8) is 0 Å². The van der Waals surface area contributed by atoms with Crippen LogP contribution in [-0.2, 0) is 0 Å². The van der Waals surface area contributed by atoms with Crippen LogP contribution < -0.4 is 0 Å². The van der Waals surface area contributed by atoms with Crippen molar-refractivity contribution < 1.29 is 9.85 Å². The van der Waals surface area contributed by atoms with Crippen LogP contribution in [-0.4, -0.2) is 39.9 Å². The van der Waals surface area contributed by atoms with Crippen LogP contribution >= 0.6 is 0 Å². The minimum absolute atomic E-state index is 0.0740. The zero-order valence-corrected chi connectivity index (χ0v) is 10.6. The molecule has 0 saturated heterocycles. The predicted molar refractivity (Wildman–Crippen MR) is 70.8 cm³/mol. The van der Waals surface area contributed by atoms with Crippen molar-refractivity contribution in [2.75, 3.05) is 13.1 Å². The molecule has 0 bridgehead atoms. The third-order valence-electron chi connectivity index (χ3n) is 3.16. The number of nitro groups is 2. The zero-order valence-electron chi connectivity index (χ0n) is 10.6. The SMILES string of the molecule is C=CCN(CC=C)C1CC=C([N+](=O)[O-])CC1[N+](=O)[O-]. The molecule has 7 heteroatoms. The Balaban J connectivity index is 2.96. The van der Waals surface area contributed by atoms with E-state index in [1.807, 2.05) is 4.90 Å². The van der Waals surface area contributed by atoms with Crippen LogP contribution in [0, 0.1) is 20.2 Å². The molecule has 1 aliphatic carbocycles. The van der Waals surface area contributed by atoms with Crippen LogP contribution in [0.2, 0.25) is 0 Å². The highest BCUT2D eigenvalue weighted by molar-refractivity contribution is 5.06. The zero-order chi connectivity index (χ0) is 14.4. The van der Waals surface area contributed by atoms with E-state index in [1.54, 1.807) is 12.2 Å². The van der Waals surface area contributed by atoms with Gasteiger partial charge in [-0.3, -0.25) is 25.1 Å². The predicted octanol–water partition coefficient (Wildman–Crippen LogP) is 1.63. The summed E-state index contributed by atoms with van der Waals surface area (Å²) in [6, 6.07) is -1.33. The maximum atomic E-state index is 11.1. The largest absolute Gasteiger partial charge is 0.286 e. The van der Waals surface area contributed by atoms with Crippen LogP contribution in [0.5, 0.6) is 0 Å². The van der Waals surface area contributed by atoms with E-state index in [1.165, 1.54) is 6.08 Å². The standard InChI is InChI=1S/C12H17N3O4/c1-3-7-13(8-4-2)11-6-5-10(14(16)17)9-12(11)15(18)19/h3-5,11-12H,1-2,6-9H2. The monoisotopic (exact) mass is 267 g/mol. The third-order valence-corrected chi connectivity index (χ3v) is 3.16. The van der Waals surface area contributed by atoms with Gasteiger partial charge in [-0.25, -0.2) is 0 Å². The molecule has 104 valence electrons. The highest BCUT2D eigenvalue weighted by Crippen LogP contribution is 2.25. The van der Waals surface area contributed by atoms with Crippen LogP contribution in [0.25, 0.3) is 0 Å². The van der Waals surface area contributed by atoms with E-state index in [0.29, 0.717) is 19.5 Å². The second-order valence-electron chi connectivity index (χ2n) is 4.34. The van der Waals surface area contributed by atoms with Gasteiger partial charge in [0.15, 0.2) is 0 Å². The Kier molecular flexibility index (Phi) is 5.37. The molecule has 2 atom stereocenters. The van der Waals surface area contributed by atoms with Crippen molar-refractivity contribution >= 4 is 0 Å². The van der Waals surface area contributed by atoms with Crippen LogP contribution in [0.3, 0.4) is 0 Å². The number of nitrogens with zero attached hydrogens (tertiary/aromatic N) is 3. The molecular weight excluding hydrogens is 250 g/mol. The lowest BCUT2D eigenvalue weighted by Crippen LogP contribution is -2.49. The molecule has 0 aromatic carbocycles. The van der Waals surface area contributed by atoms with E-state index in [2.05, 4.69) is 13.2 Å². The minimum Gasteiger partial charge on any atom is -0.286 e. The number of hydrogen-bond acceptors (Lipinski definition) is 5. The second kappa shape index (κ2) is 6.79. The summed E-state index contributed by atoms with van der Waals surface area (Å²) in [6.07, 6.45) is 4.95. The van der Waals surface area contributed by atoms with Gasteiger partial charge in [-0.05, 0) is 12.5 Å². The summed E-state index contributed by atoms with van der Waals surface area (Å²) in [5.41, 5.74) is -0.0740. The molecular formula is C12H17N3O4. The lowest BCUT2D eigenvalue weighted by molar-refractivity contribution is -0.539. The smallest absolute Gasteiger partial charge is 0.249 e. The van der Waals surface area contributed by atoms with Gasteiger partial charge in [-0.15, -0.1) is 13.2 Å². The van der Waals surface area contributed by atoms with Crippen LogP contribution in [0.4, 0.5) is 0 Å². The van der Waals surface area contributed by atoms with Gasteiger partial charge in [0.05, 0.1) is 11.0 Å².